The minimum atomic E-state index is -0.335. The van der Waals surface area contributed by atoms with Crippen LogP contribution in [0.3, 0.4) is 0 Å². The van der Waals surface area contributed by atoms with Crippen molar-refractivity contribution in [1.29, 1.82) is 0 Å². The van der Waals surface area contributed by atoms with E-state index >= 15 is 0 Å². The molecule has 0 fully saturated rings. The Labute approximate surface area is 168 Å². The molecule has 0 saturated carbocycles. The van der Waals surface area contributed by atoms with Crippen molar-refractivity contribution >= 4 is 23.1 Å². The number of hydrogen-bond acceptors (Lipinski definition) is 3. The molecule has 0 saturated heterocycles. The van der Waals surface area contributed by atoms with Gasteiger partial charge in [-0.3, -0.25) is 14.6 Å². The second kappa shape index (κ2) is 9.41. The lowest BCUT2D eigenvalue weighted by molar-refractivity contribution is -0.111. The number of carbonyl (C=O) groups excluding carboxylic acids is 2. The Kier molecular flexibility index (Phi) is 6.47. The maximum Gasteiger partial charge on any atom is 0.251 e. The summed E-state index contributed by atoms with van der Waals surface area (Å²) < 4.78 is 13.0. The van der Waals surface area contributed by atoms with E-state index in [1.165, 1.54) is 18.2 Å². The van der Waals surface area contributed by atoms with Crippen LogP contribution in [-0.2, 0) is 11.3 Å². The topological polar surface area (TPSA) is 71.1 Å². The van der Waals surface area contributed by atoms with Crippen molar-refractivity contribution in [2.24, 2.45) is 0 Å². The van der Waals surface area contributed by atoms with Crippen molar-refractivity contribution in [1.82, 2.24) is 10.3 Å². The third-order valence-electron chi connectivity index (χ3n) is 4.20. The predicted octanol–water partition coefficient (Wildman–Crippen LogP) is 4.19. The number of anilines is 1. The standard InChI is InChI=1S/C23H20FN3O2/c1-16(17-8-10-19(24)11-9-17)13-22(28)27-20-7-4-5-18(14-20)23(29)26-15-21-6-2-3-12-25-21/h2-14H,15H2,1H3,(H,26,29)(H,27,28)/b16-13-. The zero-order valence-corrected chi connectivity index (χ0v) is 15.9. The molecule has 0 atom stereocenters. The van der Waals surface area contributed by atoms with E-state index in [1.807, 2.05) is 18.2 Å². The highest BCUT2D eigenvalue weighted by Crippen LogP contribution is 2.15. The Balaban J connectivity index is 1.62. The highest BCUT2D eigenvalue weighted by molar-refractivity contribution is 6.04. The number of aromatic nitrogens is 1. The lowest BCUT2D eigenvalue weighted by atomic mass is 10.1. The van der Waals surface area contributed by atoms with Crippen molar-refractivity contribution in [2.45, 2.75) is 13.5 Å². The average molecular weight is 389 g/mol. The first-order chi connectivity index (χ1) is 14.0. The first-order valence-corrected chi connectivity index (χ1v) is 9.04. The van der Waals surface area contributed by atoms with E-state index in [1.54, 1.807) is 49.5 Å². The molecule has 2 N–H and O–H groups in total. The molecule has 0 unspecified atom stereocenters. The first kappa shape index (κ1) is 19.9. The Hall–Kier alpha value is -3.80. The number of amides is 2. The maximum atomic E-state index is 13.0. The monoisotopic (exact) mass is 389 g/mol. The number of hydrogen-bond donors (Lipinski definition) is 2. The molecule has 1 heterocycles. The zero-order valence-electron chi connectivity index (χ0n) is 15.9. The van der Waals surface area contributed by atoms with Crippen LogP contribution in [0.2, 0.25) is 0 Å². The normalized spacial score (nSPS) is 11.0. The van der Waals surface area contributed by atoms with Crippen LogP contribution < -0.4 is 10.6 Å². The van der Waals surface area contributed by atoms with Crippen LogP contribution >= 0.6 is 0 Å². The molecule has 146 valence electrons. The van der Waals surface area contributed by atoms with E-state index in [4.69, 9.17) is 0 Å². The van der Waals surface area contributed by atoms with E-state index in [0.29, 0.717) is 23.4 Å². The first-order valence-electron chi connectivity index (χ1n) is 9.04. The van der Waals surface area contributed by atoms with Gasteiger partial charge in [0, 0.05) is 23.5 Å². The molecular weight excluding hydrogens is 369 g/mol. The highest BCUT2D eigenvalue weighted by atomic mass is 19.1. The van der Waals surface area contributed by atoms with E-state index < -0.39 is 0 Å². The minimum absolute atomic E-state index is 0.259. The summed E-state index contributed by atoms with van der Waals surface area (Å²) in [6, 6.07) is 18.1. The SMILES string of the molecule is C/C(=C/C(=O)Nc1cccc(C(=O)NCc2ccccn2)c1)c1ccc(F)cc1. The number of halogens is 1. The lowest BCUT2D eigenvalue weighted by Gasteiger charge is -2.08. The Morgan fingerprint density at radius 2 is 1.79 bits per heavy atom. The van der Waals surface area contributed by atoms with Crippen LogP contribution in [0.15, 0.2) is 79.0 Å². The van der Waals surface area contributed by atoms with Crippen LogP contribution in [0.5, 0.6) is 0 Å². The maximum absolute atomic E-state index is 13.0. The van der Waals surface area contributed by atoms with Crippen molar-refractivity contribution in [2.75, 3.05) is 5.32 Å². The zero-order chi connectivity index (χ0) is 20.6. The lowest BCUT2D eigenvalue weighted by Crippen LogP contribution is -2.23. The molecule has 29 heavy (non-hydrogen) atoms. The Bertz CT molecular complexity index is 1030. The van der Waals surface area contributed by atoms with Gasteiger partial charge in [0.25, 0.3) is 5.91 Å². The van der Waals surface area contributed by atoms with Crippen LogP contribution in [0, 0.1) is 5.82 Å². The van der Waals surface area contributed by atoms with E-state index in [-0.39, 0.29) is 17.6 Å². The van der Waals surface area contributed by atoms with E-state index in [9.17, 15) is 14.0 Å². The third kappa shape index (κ3) is 5.84. The molecule has 0 aliphatic rings. The van der Waals surface area contributed by atoms with E-state index in [2.05, 4.69) is 15.6 Å². The summed E-state index contributed by atoms with van der Waals surface area (Å²) in [4.78, 5) is 28.8. The summed E-state index contributed by atoms with van der Waals surface area (Å²) in [6.07, 6.45) is 3.10. The third-order valence-corrected chi connectivity index (χ3v) is 4.20. The summed E-state index contributed by atoms with van der Waals surface area (Å²) in [5.74, 6) is -0.924. The second-order valence-electron chi connectivity index (χ2n) is 6.41. The van der Waals surface area contributed by atoms with E-state index in [0.717, 1.165) is 11.3 Å². The molecule has 2 aromatic carbocycles. The fraction of sp³-hybridized carbons (Fsp3) is 0.0870. The summed E-state index contributed by atoms with van der Waals surface area (Å²) in [5, 5.41) is 5.54. The molecule has 0 aliphatic carbocycles. The van der Waals surface area contributed by atoms with Crippen molar-refractivity contribution in [3.63, 3.8) is 0 Å². The molecule has 3 aromatic rings. The van der Waals surface area contributed by atoms with Gasteiger partial charge >= 0.3 is 0 Å². The Morgan fingerprint density at radius 3 is 2.52 bits per heavy atom. The van der Waals surface area contributed by atoms with Crippen LogP contribution in [-0.4, -0.2) is 16.8 Å². The average Bonchev–Trinajstić information content (AvgIpc) is 2.73. The smallest absolute Gasteiger partial charge is 0.251 e. The minimum Gasteiger partial charge on any atom is -0.346 e. The molecule has 0 bridgehead atoms. The summed E-state index contributed by atoms with van der Waals surface area (Å²) in [5.41, 5.74) is 3.14. The fourth-order valence-electron chi connectivity index (χ4n) is 2.68. The molecular formula is C23H20FN3O2. The quantitative estimate of drug-likeness (QED) is 0.621. The molecule has 6 heteroatoms. The number of nitrogens with zero attached hydrogens (tertiary/aromatic N) is 1. The Morgan fingerprint density at radius 1 is 1.00 bits per heavy atom. The number of benzene rings is 2. The van der Waals surface area contributed by atoms with Gasteiger partial charge in [-0.2, -0.15) is 0 Å². The van der Waals surface area contributed by atoms with Gasteiger partial charge in [0.2, 0.25) is 5.91 Å². The number of carbonyl (C=O) groups is 2. The number of rotatable bonds is 6. The fourth-order valence-corrected chi connectivity index (χ4v) is 2.68. The molecule has 3 rings (SSSR count). The molecule has 0 aliphatic heterocycles. The van der Waals surface area contributed by atoms with Crippen LogP contribution in [0.4, 0.5) is 10.1 Å². The molecule has 2 amide bonds. The molecule has 5 nitrogen and oxygen atoms in total. The van der Waals surface area contributed by atoms with Gasteiger partial charge in [-0.1, -0.05) is 24.3 Å². The van der Waals surface area contributed by atoms with Crippen molar-refractivity contribution in [3.05, 3.63) is 102 Å². The van der Waals surface area contributed by atoms with Crippen LogP contribution in [0.1, 0.15) is 28.5 Å². The van der Waals surface area contributed by atoms with Gasteiger partial charge in [-0.05, 0) is 60.5 Å². The van der Waals surface area contributed by atoms with Crippen molar-refractivity contribution in [3.8, 4) is 0 Å². The molecule has 1 aromatic heterocycles. The van der Waals surface area contributed by atoms with Crippen molar-refractivity contribution < 1.29 is 14.0 Å². The largest absolute Gasteiger partial charge is 0.346 e. The highest BCUT2D eigenvalue weighted by Gasteiger charge is 2.08. The van der Waals surface area contributed by atoms with Gasteiger partial charge in [0.05, 0.1) is 12.2 Å². The molecule has 0 radical (unpaired) electrons. The van der Waals surface area contributed by atoms with Gasteiger partial charge in [-0.15, -0.1) is 0 Å². The summed E-state index contributed by atoms with van der Waals surface area (Å²) in [6.45, 7) is 2.09. The van der Waals surface area contributed by atoms with Gasteiger partial charge in [-0.25, -0.2) is 4.39 Å². The summed E-state index contributed by atoms with van der Waals surface area (Å²) in [7, 11) is 0. The predicted molar refractivity (Wildman–Crippen MR) is 111 cm³/mol. The second-order valence-corrected chi connectivity index (χ2v) is 6.41. The number of pyridine rings is 1. The van der Waals surface area contributed by atoms with Gasteiger partial charge in [0.1, 0.15) is 5.82 Å². The van der Waals surface area contributed by atoms with Gasteiger partial charge < -0.3 is 10.6 Å². The number of allylic oxidation sites excluding steroid dienone is 1. The summed E-state index contributed by atoms with van der Waals surface area (Å²) >= 11 is 0. The van der Waals surface area contributed by atoms with Gasteiger partial charge in [0.15, 0.2) is 0 Å². The molecule has 0 spiro atoms. The van der Waals surface area contributed by atoms with Crippen LogP contribution in [0.25, 0.3) is 5.57 Å². The number of nitrogens with one attached hydrogen (secondary N) is 2.